The topological polar surface area (TPSA) is 59.2 Å². The van der Waals surface area contributed by atoms with Gasteiger partial charge in [-0.3, -0.25) is 4.79 Å². The van der Waals surface area contributed by atoms with Gasteiger partial charge in [0.05, 0.1) is 21.1 Å². The van der Waals surface area contributed by atoms with E-state index in [1.807, 2.05) is 30.1 Å². The summed E-state index contributed by atoms with van der Waals surface area (Å²) in [6, 6.07) is 8.34. The lowest BCUT2D eigenvalue weighted by atomic mass is 9.82. The molecule has 0 saturated carbocycles. The summed E-state index contributed by atoms with van der Waals surface area (Å²) in [5, 5.41) is 1.08. The number of halogens is 2. The predicted molar refractivity (Wildman–Crippen MR) is 124 cm³/mol. The Morgan fingerprint density at radius 1 is 1.25 bits per heavy atom. The van der Waals surface area contributed by atoms with Crippen LogP contribution in [0.5, 0.6) is 0 Å². The largest absolute Gasteiger partial charge is 0.345 e. The van der Waals surface area contributed by atoms with Gasteiger partial charge in [-0.1, -0.05) is 38.1 Å². The lowest BCUT2D eigenvalue weighted by Gasteiger charge is -2.30. The van der Waals surface area contributed by atoms with Crippen molar-refractivity contribution in [1.82, 2.24) is 9.88 Å². The Balaban J connectivity index is 0.00000196. The van der Waals surface area contributed by atoms with E-state index in [0.29, 0.717) is 12.5 Å². The number of amides is 1. The molecule has 1 aromatic heterocycles. The number of hydrogen-bond acceptors (Lipinski definition) is 4. The normalized spacial score (nSPS) is 19.8. The summed E-state index contributed by atoms with van der Waals surface area (Å²) in [4.78, 5) is 19.8. The van der Waals surface area contributed by atoms with Crippen LogP contribution in [-0.4, -0.2) is 35.4 Å². The average Bonchev–Trinajstić information content (AvgIpc) is 3.09. The highest BCUT2D eigenvalue weighted by atomic mass is 35.5. The van der Waals surface area contributed by atoms with E-state index in [0.717, 1.165) is 29.8 Å². The molecule has 0 bridgehead atoms. The molecule has 3 atom stereocenters. The Bertz CT molecular complexity index is 760. The quantitative estimate of drug-likeness (QED) is 0.637. The fourth-order valence-corrected chi connectivity index (χ4v) is 4.62. The van der Waals surface area contributed by atoms with Crippen LogP contribution in [0.1, 0.15) is 44.0 Å². The van der Waals surface area contributed by atoms with Gasteiger partial charge in [-0.05, 0) is 37.3 Å². The molecular formula is C21H31Cl2N3OS. The molecule has 2 aromatic rings. The number of rotatable bonds is 6. The molecule has 0 spiro atoms. The fraction of sp³-hybridized carbons (Fsp3) is 0.524. The van der Waals surface area contributed by atoms with Crippen molar-refractivity contribution in [2.75, 3.05) is 13.6 Å². The molecule has 1 aromatic carbocycles. The number of nitrogens with zero attached hydrogens (tertiary/aromatic N) is 2. The minimum atomic E-state index is -0.0270. The second-order valence-electron chi connectivity index (χ2n) is 7.63. The molecule has 0 saturated heterocycles. The number of thiazole rings is 1. The number of benzene rings is 1. The maximum Gasteiger partial charge on any atom is 0.226 e. The summed E-state index contributed by atoms with van der Waals surface area (Å²) < 4.78 is 1.19. The lowest BCUT2D eigenvalue weighted by Crippen LogP contribution is -2.39. The second-order valence-corrected chi connectivity index (χ2v) is 8.69. The number of allylic oxidation sites excluding steroid dienone is 2. The molecule has 1 aliphatic rings. The van der Waals surface area contributed by atoms with Crippen molar-refractivity contribution in [2.45, 2.75) is 45.1 Å². The van der Waals surface area contributed by atoms with Crippen LogP contribution in [0.25, 0.3) is 10.2 Å². The van der Waals surface area contributed by atoms with Crippen LogP contribution in [0.4, 0.5) is 0 Å². The molecule has 0 aliphatic heterocycles. The Hall–Kier alpha value is -1.14. The third-order valence-electron chi connectivity index (χ3n) is 5.41. The van der Waals surface area contributed by atoms with Gasteiger partial charge in [-0.2, -0.15) is 0 Å². The standard InChI is InChI=1S/C21H29N3OS.2ClH/c1-14(2)17(22)12-13-24(3)21(25)16-9-5-4-8-15(16)20-23-18-10-6-7-11-19(18)26-20;;/h4-7,10-11,14-17H,8-9,12-13,22H2,1-3H3;2*1H. The summed E-state index contributed by atoms with van der Waals surface area (Å²) in [6.07, 6.45) is 6.85. The van der Waals surface area contributed by atoms with E-state index in [-0.39, 0.29) is 48.6 Å². The first-order chi connectivity index (χ1) is 12.5. The number of aromatic nitrogens is 1. The van der Waals surface area contributed by atoms with Crippen molar-refractivity contribution in [3.8, 4) is 0 Å². The van der Waals surface area contributed by atoms with Crippen molar-refractivity contribution in [2.24, 2.45) is 17.6 Å². The molecule has 1 amide bonds. The second kappa shape index (κ2) is 11.1. The number of fused-ring (bicyclic) bond motifs is 1. The fourth-order valence-electron chi connectivity index (χ4n) is 3.48. The van der Waals surface area contributed by atoms with Crippen molar-refractivity contribution < 1.29 is 4.79 Å². The Morgan fingerprint density at radius 3 is 2.61 bits per heavy atom. The number of para-hydroxylation sites is 1. The average molecular weight is 444 g/mol. The van der Waals surface area contributed by atoms with Crippen LogP contribution in [0.2, 0.25) is 0 Å². The van der Waals surface area contributed by atoms with Gasteiger partial charge in [0.1, 0.15) is 0 Å². The van der Waals surface area contributed by atoms with E-state index in [2.05, 4.69) is 32.1 Å². The first-order valence-corrected chi connectivity index (χ1v) is 10.3. The molecule has 4 nitrogen and oxygen atoms in total. The van der Waals surface area contributed by atoms with Crippen molar-refractivity contribution in [3.05, 3.63) is 41.4 Å². The van der Waals surface area contributed by atoms with E-state index < -0.39 is 0 Å². The predicted octanol–water partition coefficient (Wildman–Crippen LogP) is 5.02. The third-order valence-corrected chi connectivity index (χ3v) is 6.58. The first-order valence-electron chi connectivity index (χ1n) is 9.48. The molecule has 28 heavy (non-hydrogen) atoms. The molecule has 7 heteroatoms. The molecule has 156 valence electrons. The molecule has 3 unspecified atom stereocenters. The number of carbonyl (C=O) groups excluding carboxylic acids is 1. The van der Waals surface area contributed by atoms with Gasteiger partial charge in [0.15, 0.2) is 0 Å². The van der Waals surface area contributed by atoms with Gasteiger partial charge in [-0.25, -0.2) is 4.98 Å². The molecule has 1 heterocycles. The Labute approximate surface area is 184 Å². The number of nitrogens with two attached hydrogens (primary N) is 1. The van der Waals surface area contributed by atoms with Crippen LogP contribution < -0.4 is 5.73 Å². The van der Waals surface area contributed by atoms with Gasteiger partial charge in [0.25, 0.3) is 0 Å². The van der Waals surface area contributed by atoms with Crippen molar-refractivity contribution >= 4 is 52.3 Å². The highest BCUT2D eigenvalue weighted by Crippen LogP contribution is 2.39. The molecule has 2 N–H and O–H groups in total. The van der Waals surface area contributed by atoms with E-state index in [4.69, 9.17) is 10.7 Å². The first kappa shape index (κ1) is 24.9. The maximum atomic E-state index is 13.1. The Kier molecular flexibility index (Phi) is 9.91. The zero-order chi connectivity index (χ0) is 18.7. The molecule has 3 rings (SSSR count). The summed E-state index contributed by atoms with van der Waals surface area (Å²) >= 11 is 1.72. The van der Waals surface area contributed by atoms with Crippen LogP contribution in [-0.2, 0) is 4.79 Å². The van der Waals surface area contributed by atoms with E-state index >= 15 is 0 Å². The minimum Gasteiger partial charge on any atom is -0.345 e. The van der Waals surface area contributed by atoms with Gasteiger partial charge in [0, 0.05) is 25.6 Å². The van der Waals surface area contributed by atoms with Crippen LogP contribution in [0.3, 0.4) is 0 Å². The summed E-state index contributed by atoms with van der Waals surface area (Å²) in [5.74, 6) is 0.799. The van der Waals surface area contributed by atoms with Gasteiger partial charge in [-0.15, -0.1) is 36.2 Å². The molecule has 0 fully saturated rings. The monoisotopic (exact) mass is 443 g/mol. The number of carbonyl (C=O) groups is 1. The van der Waals surface area contributed by atoms with Crippen molar-refractivity contribution in [1.29, 1.82) is 0 Å². The van der Waals surface area contributed by atoms with Crippen LogP contribution in [0, 0.1) is 11.8 Å². The van der Waals surface area contributed by atoms with Gasteiger partial charge < -0.3 is 10.6 Å². The minimum absolute atomic E-state index is 0. The summed E-state index contributed by atoms with van der Waals surface area (Å²) in [5.41, 5.74) is 7.18. The Morgan fingerprint density at radius 2 is 1.93 bits per heavy atom. The molecular weight excluding hydrogens is 413 g/mol. The summed E-state index contributed by atoms with van der Waals surface area (Å²) in [7, 11) is 1.91. The van der Waals surface area contributed by atoms with Gasteiger partial charge in [0.2, 0.25) is 5.91 Å². The SMILES string of the molecule is CC(C)C(N)CCN(C)C(=O)C1CC=CCC1c1nc2ccccc2s1.Cl.Cl. The van der Waals surface area contributed by atoms with Crippen LogP contribution in [0.15, 0.2) is 36.4 Å². The maximum absolute atomic E-state index is 13.1. The molecule has 1 aliphatic carbocycles. The number of hydrogen-bond donors (Lipinski definition) is 1. The highest BCUT2D eigenvalue weighted by Gasteiger charge is 2.34. The van der Waals surface area contributed by atoms with Crippen molar-refractivity contribution in [3.63, 3.8) is 0 Å². The highest BCUT2D eigenvalue weighted by molar-refractivity contribution is 7.18. The smallest absolute Gasteiger partial charge is 0.226 e. The van der Waals surface area contributed by atoms with Crippen LogP contribution >= 0.6 is 36.2 Å². The lowest BCUT2D eigenvalue weighted by molar-refractivity contribution is -0.135. The van der Waals surface area contributed by atoms with Gasteiger partial charge >= 0.3 is 0 Å². The summed E-state index contributed by atoms with van der Waals surface area (Å²) in [6.45, 7) is 4.97. The van der Waals surface area contributed by atoms with E-state index in [1.54, 1.807) is 11.3 Å². The van der Waals surface area contributed by atoms with E-state index in [1.165, 1.54) is 4.70 Å². The zero-order valence-corrected chi connectivity index (χ0v) is 19.2. The zero-order valence-electron chi connectivity index (χ0n) is 16.7. The van der Waals surface area contributed by atoms with E-state index in [9.17, 15) is 4.79 Å². The third kappa shape index (κ3) is 5.69. The molecule has 0 radical (unpaired) electrons.